The number of rotatable bonds is 2. The number of hydrogen-bond donors (Lipinski definition) is 1. The molecule has 3 rings (SSSR count). The third-order valence-corrected chi connectivity index (χ3v) is 4.73. The molecule has 98 valence electrons. The highest BCUT2D eigenvalue weighted by Crippen LogP contribution is 2.41. The summed E-state index contributed by atoms with van der Waals surface area (Å²) in [6.07, 6.45) is 5.02. The second-order valence-corrected chi connectivity index (χ2v) is 6.34. The van der Waals surface area contributed by atoms with Gasteiger partial charge in [-0.15, -0.1) is 0 Å². The molecule has 1 aliphatic heterocycles. The summed E-state index contributed by atoms with van der Waals surface area (Å²) < 4.78 is 5.99. The molecule has 0 radical (unpaired) electrons. The van der Waals surface area contributed by atoms with Crippen molar-refractivity contribution in [1.29, 1.82) is 0 Å². The van der Waals surface area contributed by atoms with Crippen molar-refractivity contribution >= 4 is 23.2 Å². The van der Waals surface area contributed by atoms with Crippen LogP contribution in [0, 0.1) is 5.41 Å². The lowest BCUT2D eigenvalue weighted by molar-refractivity contribution is 0.0422. The van der Waals surface area contributed by atoms with Crippen LogP contribution in [-0.2, 0) is 0 Å². The second kappa shape index (κ2) is 4.92. The van der Waals surface area contributed by atoms with Gasteiger partial charge in [0.15, 0.2) is 0 Å². The van der Waals surface area contributed by atoms with E-state index in [1.807, 2.05) is 0 Å². The number of nitrogens with one attached hydrogen (secondary N) is 1. The Labute approximate surface area is 118 Å². The van der Waals surface area contributed by atoms with Crippen molar-refractivity contribution in [1.82, 2.24) is 5.32 Å². The van der Waals surface area contributed by atoms with E-state index in [4.69, 9.17) is 27.9 Å². The Kier molecular flexibility index (Phi) is 3.44. The smallest absolute Gasteiger partial charge is 0.139 e. The Bertz CT molecular complexity index is 435. The van der Waals surface area contributed by atoms with E-state index >= 15 is 0 Å². The molecule has 2 aliphatic rings. The van der Waals surface area contributed by atoms with Crippen molar-refractivity contribution in [3.05, 3.63) is 28.2 Å². The maximum atomic E-state index is 6.12. The van der Waals surface area contributed by atoms with Crippen LogP contribution < -0.4 is 10.1 Å². The Hall–Kier alpha value is -0.440. The molecule has 2 fully saturated rings. The molecular formula is C14H17Cl2NO. The first-order chi connectivity index (χ1) is 8.67. The molecule has 1 aromatic rings. The summed E-state index contributed by atoms with van der Waals surface area (Å²) in [6, 6.07) is 5.38. The SMILES string of the molecule is Clc1ccc(Cl)c(OC2CCC3(CC2)CNC3)c1. The molecule has 2 nitrogen and oxygen atoms in total. The van der Waals surface area contributed by atoms with E-state index in [0.717, 1.165) is 18.6 Å². The summed E-state index contributed by atoms with van der Waals surface area (Å²) in [5.41, 5.74) is 0.567. The summed E-state index contributed by atoms with van der Waals surface area (Å²) >= 11 is 12.1. The van der Waals surface area contributed by atoms with E-state index in [2.05, 4.69) is 5.32 Å². The van der Waals surface area contributed by atoms with Crippen LogP contribution >= 0.6 is 23.2 Å². The van der Waals surface area contributed by atoms with Crippen LogP contribution in [0.5, 0.6) is 5.75 Å². The standard InChI is InChI=1S/C14H17Cl2NO/c15-10-1-2-12(16)13(7-10)18-11-3-5-14(6-4-11)8-17-9-14/h1-2,7,11,17H,3-6,8-9H2. The van der Waals surface area contributed by atoms with Crippen LogP contribution in [0.4, 0.5) is 0 Å². The van der Waals surface area contributed by atoms with Gasteiger partial charge in [0.05, 0.1) is 11.1 Å². The fourth-order valence-electron chi connectivity index (χ4n) is 2.90. The third-order valence-electron chi connectivity index (χ3n) is 4.18. The van der Waals surface area contributed by atoms with E-state index < -0.39 is 0 Å². The van der Waals surface area contributed by atoms with Crippen molar-refractivity contribution in [3.8, 4) is 5.75 Å². The van der Waals surface area contributed by atoms with Gasteiger partial charge in [-0.05, 0) is 43.2 Å². The predicted molar refractivity (Wildman–Crippen MR) is 74.6 cm³/mol. The molecule has 0 bridgehead atoms. The number of hydrogen-bond acceptors (Lipinski definition) is 2. The van der Waals surface area contributed by atoms with Crippen molar-refractivity contribution in [3.63, 3.8) is 0 Å². The first-order valence-electron chi connectivity index (χ1n) is 6.49. The van der Waals surface area contributed by atoms with Crippen LogP contribution in [0.25, 0.3) is 0 Å². The molecule has 1 N–H and O–H groups in total. The minimum absolute atomic E-state index is 0.284. The van der Waals surface area contributed by atoms with E-state index in [1.165, 1.54) is 25.9 Å². The Morgan fingerprint density at radius 2 is 1.89 bits per heavy atom. The molecule has 0 atom stereocenters. The second-order valence-electron chi connectivity index (χ2n) is 5.50. The van der Waals surface area contributed by atoms with Gasteiger partial charge >= 0.3 is 0 Å². The van der Waals surface area contributed by atoms with Gasteiger partial charge in [0.2, 0.25) is 0 Å². The van der Waals surface area contributed by atoms with Crippen molar-refractivity contribution in [2.45, 2.75) is 31.8 Å². The molecule has 1 aromatic carbocycles. The fraction of sp³-hybridized carbons (Fsp3) is 0.571. The zero-order valence-corrected chi connectivity index (χ0v) is 11.7. The molecule has 1 spiro atoms. The Balaban J connectivity index is 1.62. The van der Waals surface area contributed by atoms with Crippen LogP contribution in [0.2, 0.25) is 10.0 Å². The van der Waals surface area contributed by atoms with Gasteiger partial charge in [0.25, 0.3) is 0 Å². The molecule has 1 saturated carbocycles. The van der Waals surface area contributed by atoms with Gasteiger partial charge in [-0.1, -0.05) is 23.2 Å². The average Bonchev–Trinajstić information content (AvgIpc) is 2.33. The van der Waals surface area contributed by atoms with E-state index in [0.29, 0.717) is 15.5 Å². The Morgan fingerprint density at radius 3 is 2.50 bits per heavy atom. The maximum Gasteiger partial charge on any atom is 0.139 e. The van der Waals surface area contributed by atoms with Crippen LogP contribution in [-0.4, -0.2) is 19.2 Å². The molecular weight excluding hydrogens is 269 g/mol. The number of halogens is 2. The zero-order chi connectivity index (χ0) is 12.6. The predicted octanol–water partition coefficient (Wildman–Crippen LogP) is 3.90. The molecule has 0 aromatic heterocycles. The molecule has 1 saturated heterocycles. The van der Waals surface area contributed by atoms with Gasteiger partial charge in [-0.2, -0.15) is 0 Å². The molecule has 0 unspecified atom stereocenters. The lowest BCUT2D eigenvalue weighted by Gasteiger charge is -2.47. The van der Waals surface area contributed by atoms with Gasteiger partial charge in [0, 0.05) is 24.2 Å². The number of benzene rings is 1. The highest BCUT2D eigenvalue weighted by Gasteiger charge is 2.40. The highest BCUT2D eigenvalue weighted by molar-refractivity contribution is 6.34. The van der Waals surface area contributed by atoms with Gasteiger partial charge < -0.3 is 10.1 Å². The summed E-state index contributed by atoms with van der Waals surface area (Å²) in [4.78, 5) is 0. The van der Waals surface area contributed by atoms with Crippen LogP contribution in [0.3, 0.4) is 0 Å². The van der Waals surface area contributed by atoms with Gasteiger partial charge in [-0.25, -0.2) is 0 Å². The minimum atomic E-state index is 0.284. The summed E-state index contributed by atoms with van der Waals surface area (Å²) in [6.45, 7) is 2.36. The van der Waals surface area contributed by atoms with Crippen LogP contribution in [0.15, 0.2) is 18.2 Å². The summed E-state index contributed by atoms with van der Waals surface area (Å²) in [5.74, 6) is 0.719. The maximum absolute atomic E-state index is 6.12. The van der Waals surface area contributed by atoms with Gasteiger partial charge in [-0.3, -0.25) is 0 Å². The minimum Gasteiger partial charge on any atom is -0.489 e. The van der Waals surface area contributed by atoms with Crippen molar-refractivity contribution in [2.24, 2.45) is 5.41 Å². The molecule has 0 amide bonds. The topological polar surface area (TPSA) is 21.3 Å². The summed E-state index contributed by atoms with van der Waals surface area (Å²) in [5, 5.41) is 4.69. The van der Waals surface area contributed by atoms with Crippen molar-refractivity contribution < 1.29 is 4.74 Å². The summed E-state index contributed by atoms with van der Waals surface area (Å²) in [7, 11) is 0. The lowest BCUT2D eigenvalue weighted by atomic mass is 9.69. The normalized spacial score (nSPS) is 22.8. The fourth-order valence-corrected chi connectivity index (χ4v) is 3.22. The molecule has 1 aliphatic carbocycles. The van der Waals surface area contributed by atoms with E-state index in [9.17, 15) is 0 Å². The highest BCUT2D eigenvalue weighted by atomic mass is 35.5. The van der Waals surface area contributed by atoms with Gasteiger partial charge in [0.1, 0.15) is 5.75 Å². The third kappa shape index (κ3) is 2.47. The molecule has 18 heavy (non-hydrogen) atoms. The van der Waals surface area contributed by atoms with Crippen molar-refractivity contribution in [2.75, 3.05) is 13.1 Å². The van der Waals surface area contributed by atoms with E-state index in [1.54, 1.807) is 18.2 Å². The quantitative estimate of drug-likeness (QED) is 0.890. The largest absolute Gasteiger partial charge is 0.489 e. The van der Waals surface area contributed by atoms with Crippen LogP contribution in [0.1, 0.15) is 25.7 Å². The molecule has 1 heterocycles. The van der Waals surface area contributed by atoms with E-state index in [-0.39, 0.29) is 6.10 Å². The number of ether oxygens (including phenoxy) is 1. The average molecular weight is 286 g/mol. The molecule has 4 heteroatoms. The first kappa shape index (κ1) is 12.6. The zero-order valence-electron chi connectivity index (χ0n) is 10.2. The Morgan fingerprint density at radius 1 is 1.17 bits per heavy atom. The monoisotopic (exact) mass is 285 g/mol. The first-order valence-corrected chi connectivity index (χ1v) is 7.25. The lowest BCUT2D eigenvalue weighted by Crippen LogP contribution is -2.55.